The Morgan fingerprint density at radius 3 is 1.54 bits per heavy atom. The van der Waals surface area contributed by atoms with Crippen molar-refractivity contribution in [3.63, 3.8) is 0 Å². The number of phenolic OH excluding ortho intramolecular Hbond substituents is 1. The predicted octanol–water partition coefficient (Wildman–Crippen LogP) is 6.97. The van der Waals surface area contributed by atoms with Gasteiger partial charge < -0.3 is 5.11 Å². The van der Waals surface area contributed by atoms with Gasteiger partial charge in [-0.1, -0.05) is 93.4 Å². The first-order valence-electron chi connectivity index (χ1n) is 10.0. The Hall–Kier alpha value is -2.54. The van der Waals surface area contributed by atoms with Gasteiger partial charge in [0.2, 0.25) is 0 Å². The molecule has 28 heavy (non-hydrogen) atoms. The van der Waals surface area contributed by atoms with Crippen molar-refractivity contribution in [3.8, 4) is 5.75 Å². The summed E-state index contributed by atoms with van der Waals surface area (Å²) < 4.78 is 0. The molecule has 0 aliphatic rings. The minimum Gasteiger partial charge on any atom is -0.508 e. The van der Waals surface area contributed by atoms with Crippen molar-refractivity contribution < 1.29 is 5.11 Å². The Morgan fingerprint density at radius 2 is 1.07 bits per heavy atom. The van der Waals surface area contributed by atoms with E-state index in [1.165, 1.54) is 33.4 Å². The van der Waals surface area contributed by atoms with E-state index in [-0.39, 0.29) is 10.8 Å². The molecule has 0 heterocycles. The summed E-state index contributed by atoms with van der Waals surface area (Å²) in [4.78, 5) is 0. The fraction of sp³-hybridized carbons (Fsp3) is 0.333. The van der Waals surface area contributed by atoms with Crippen LogP contribution in [0.25, 0.3) is 0 Å². The predicted molar refractivity (Wildman–Crippen MR) is 119 cm³/mol. The Balaban J connectivity index is 2.31. The van der Waals surface area contributed by atoms with Crippen LogP contribution in [0.2, 0.25) is 0 Å². The molecule has 0 bridgehead atoms. The van der Waals surface area contributed by atoms with Gasteiger partial charge in [-0.2, -0.15) is 0 Å². The Morgan fingerprint density at radius 1 is 0.607 bits per heavy atom. The zero-order chi connectivity index (χ0) is 20.7. The van der Waals surface area contributed by atoms with Crippen LogP contribution in [-0.4, -0.2) is 5.11 Å². The van der Waals surface area contributed by atoms with Gasteiger partial charge in [0.25, 0.3) is 0 Å². The van der Waals surface area contributed by atoms with Gasteiger partial charge in [0.1, 0.15) is 5.75 Å². The van der Waals surface area contributed by atoms with E-state index >= 15 is 0 Å². The minimum atomic E-state index is -0.321. The van der Waals surface area contributed by atoms with Crippen LogP contribution in [0, 0.1) is 20.8 Å². The largest absolute Gasteiger partial charge is 0.508 e. The summed E-state index contributed by atoms with van der Waals surface area (Å²) >= 11 is 0. The molecule has 0 radical (unpaired) electrons. The lowest BCUT2D eigenvalue weighted by atomic mass is 9.66. The Kier molecular flexibility index (Phi) is 5.14. The van der Waals surface area contributed by atoms with E-state index in [1.807, 2.05) is 12.1 Å². The van der Waals surface area contributed by atoms with Crippen molar-refractivity contribution in [2.75, 3.05) is 0 Å². The number of benzene rings is 3. The summed E-state index contributed by atoms with van der Waals surface area (Å²) in [5.41, 5.74) is 7.86. The maximum absolute atomic E-state index is 11.0. The molecule has 0 aromatic heterocycles. The van der Waals surface area contributed by atoms with Crippen LogP contribution in [0.15, 0.2) is 60.7 Å². The van der Waals surface area contributed by atoms with Gasteiger partial charge in [-0.05, 0) is 49.1 Å². The first-order valence-corrected chi connectivity index (χ1v) is 10.0. The second-order valence-electron chi connectivity index (χ2n) is 9.14. The normalized spacial score (nSPS) is 12.2. The van der Waals surface area contributed by atoms with Gasteiger partial charge in [-0.15, -0.1) is 0 Å². The molecule has 0 saturated carbocycles. The first kappa shape index (κ1) is 20.2. The molecule has 0 aliphatic heterocycles. The maximum Gasteiger partial charge on any atom is 0.119 e. The number of hydrogen-bond acceptors (Lipinski definition) is 1. The lowest BCUT2D eigenvalue weighted by molar-refractivity contribution is 0.445. The molecule has 3 rings (SSSR count). The molecule has 3 aromatic rings. The average Bonchev–Trinajstić information content (AvgIpc) is 2.63. The van der Waals surface area contributed by atoms with E-state index < -0.39 is 0 Å². The van der Waals surface area contributed by atoms with E-state index in [1.54, 1.807) is 0 Å². The highest BCUT2D eigenvalue weighted by molar-refractivity contribution is 5.58. The van der Waals surface area contributed by atoms with Crippen LogP contribution in [-0.2, 0) is 10.8 Å². The second-order valence-corrected chi connectivity index (χ2v) is 9.14. The van der Waals surface area contributed by atoms with E-state index in [4.69, 9.17) is 0 Å². The summed E-state index contributed by atoms with van der Waals surface area (Å²) in [6.07, 6.45) is 0. The van der Waals surface area contributed by atoms with Crippen molar-refractivity contribution in [1.29, 1.82) is 0 Å². The fourth-order valence-electron chi connectivity index (χ4n) is 4.49. The van der Waals surface area contributed by atoms with Crippen LogP contribution in [0.4, 0.5) is 0 Å². The van der Waals surface area contributed by atoms with Crippen LogP contribution in [0.5, 0.6) is 5.75 Å². The summed E-state index contributed by atoms with van der Waals surface area (Å²) in [6, 6.07) is 21.2. The van der Waals surface area contributed by atoms with E-state index in [0.29, 0.717) is 5.75 Å². The molecule has 0 spiro atoms. The third-order valence-electron chi connectivity index (χ3n) is 6.12. The molecule has 0 amide bonds. The SMILES string of the molecule is Cc1cccc(C(C)(C)c2c(C)ccc(O)c2C(C)(C)c2cccc(C)c2)c1. The number of aromatic hydroxyl groups is 1. The Bertz CT molecular complexity index is 926. The molecule has 0 unspecified atom stereocenters. The number of rotatable bonds is 4. The topological polar surface area (TPSA) is 20.2 Å². The third kappa shape index (κ3) is 3.46. The summed E-state index contributed by atoms with van der Waals surface area (Å²) in [6.45, 7) is 15.4. The zero-order valence-corrected chi connectivity index (χ0v) is 18.2. The van der Waals surface area contributed by atoms with Crippen molar-refractivity contribution in [1.82, 2.24) is 0 Å². The van der Waals surface area contributed by atoms with Crippen LogP contribution >= 0.6 is 0 Å². The molecular formula is C27H32O. The molecule has 0 fully saturated rings. The van der Waals surface area contributed by atoms with Gasteiger partial charge in [-0.3, -0.25) is 0 Å². The lowest BCUT2D eigenvalue weighted by Gasteiger charge is -2.37. The summed E-state index contributed by atoms with van der Waals surface area (Å²) in [5.74, 6) is 0.368. The highest BCUT2D eigenvalue weighted by Gasteiger charge is 2.36. The van der Waals surface area contributed by atoms with Gasteiger partial charge in [0.15, 0.2) is 0 Å². The monoisotopic (exact) mass is 372 g/mol. The highest BCUT2D eigenvalue weighted by atomic mass is 16.3. The van der Waals surface area contributed by atoms with Crippen LogP contribution in [0.1, 0.15) is 66.6 Å². The maximum atomic E-state index is 11.0. The summed E-state index contributed by atoms with van der Waals surface area (Å²) in [7, 11) is 0. The Labute approximate surface area is 170 Å². The number of phenols is 1. The van der Waals surface area contributed by atoms with Crippen LogP contribution < -0.4 is 0 Å². The summed E-state index contributed by atoms with van der Waals surface area (Å²) in [5, 5.41) is 11.0. The first-order chi connectivity index (χ1) is 13.0. The molecule has 3 aromatic carbocycles. The van der Waals surface area contributed by atoms with Gasteiger partial charge in [0.05, 0.1) is 0 Å². The quantitative estimate of drug-likeness (QED) is 0.524. The fourth-order valence-corrected chi connectivity index (χ4v) is 4.49. The lowest BCUT2D eigenvalue weighted by Crippen LogP contribution is -2.29. The number of hydrogen-bond donors (Lipinski definition) is 1. The van der Waals surface area contributed by atoms with Crippen molar-refractivity contribution in [2.24, 2.45) is 0 Å². The number of aryl methyl sites for hydroxylation is 3. The van der Waals surface area contributed by atoms with Crippen LogP contribution in [0.3, 0.4) is 0 Å². The smallest absolute Gasteiger partial charge is 0.119 e. The molecule has 1 nitrogen and oxygen atoms in total. The van der Waals surface area contributed by atoms with Crippen molar-refractivity contribution in [2.45, 2.75) is 59.3 Å². The van der Waals surface area contributed by atoms with Gasteiger partial charge in [0, 0.05) is 16.4 Å². The van der Waals surface area contributed by atoms with Crippen molar-refractivity contribution in [3.05, 3.63) is 99.6 Å². The molecular weight excluding hydrogens is 340 g/mol. The van der Waals surface area contributed by atoms with E-state index in [9.17, 15) is 5.11 Å². The molecule has 0 saturated heterocycles. The molecule has 146 valence electrons. The van der Waals surface area contributed by atoms with Gasteiger partial charge in [-0.25, -0.2) is 0 Å². The second kappa shape index (κ2) is 7.13. The zero-order valence-electron chi connectivity index (χ0n) is 18.2. The average molecular weight is 373 g/mol. The standard InChI is InChI=1S/C27H32O/c1-18-10-8-12-21(16-18)26(4,5)24-20(3)14-15-23(28)25(24)27(6,7)22-13-9-11-19(2)17-22/h8-17,28H,1-7H3. The van der Waals surface area contributed by atoms with E-state index in [2.05, 4.69) is 97.0 Å². The molecule has 1 heteroatoms. The molecule has 0 aliphatic carbocycles. The van der Waals surface area contributed by atoms with Crippen molar-refractivity contribution >= 4 is 0 Å². The molecule has 1 N–H and O–H groups in total. The highest BCUT2D eigenvalue weighted by Crippen LogP contribution is 2.46. The van der Waals surface area contributed by atoms with E-state index in [0.717, 1.165) is 5.56 Å². The third-order valence-corrected chi connectivity index (χ3v) is 6.12. The van der Waals surface area contributed by atoms with Gasteiger partial charge >= 0.3 is 0 Å². The molecule has 0 atom stereocenters. The minimum absolute atomic E-state index is 0.231.